The lowest BCUT2D eigenvalue weighted by atomic mass is 10.3. The van der Waals surface area contributed by atoms with Gasteiger partial charge in [0.05, 0.1) is 12.0 Å². The molecular weight excluding hydrogens is 206 g/mol. The van der Waals surface area contributed by atoms with Gasteiger partial charge in [0.15, 0.2) is 0 Å². The van der Waals surface area contributed by atoms with Gasteiger partial charge in [0.2, 0.25) is 0 Å². The standard InChI is InChI=1S/C12H11NOS/c1-14-11-4-2-3-5-12(11)15-10-6-8-13-9-7-10/h2-9H,1H3. The summed E-state index contributed by atoms with van der Waals surface area (Å²) in [6, 6.07) is 11.9. The zero-order valence-electron chi connectivity index (χ0n) is 8.38. The van der Waals surface area contributed by atoms with Crippen LogP contribution in [-0.4, -0.2) is 12.1 Å². The molecule has 1 heterocycles. The average molecular weight is 217 g/mol. The van der Waals surface area contributed by atoms with Crippen molar-refractivity contribution in [3.05, 3.63) is 48.8 Å². The number of nitrogens with zero attached hydrogens (tertiary/aromatic N) is 1. The highest BCUT2D eigenvalue weighted by Crippen LogP contribution is 2.33. The summed E-state index contributed by atoms with van der Waals surface area (Å²) < 4.78 is 5.28. The Morgan fingerprint density at radius 2 is 1.80 bits per heavy atom. The number of benzene rings is 1. The van der Waals surface area contributed by atoms with Crippen molar-refractivity contribution in [3.8, 4) is 5.75 Å². The molecule has 0 amide bonds. The Labute approximate surface area is 93.3 Å². The first-order valence-corrected chi connectivity index (χ1v) is 5.42. The maximum absolute atomic E-state index is 5.28. The number of hydrogen-bond acceptors (Lipinski definition) is 3. The summed E-state index contributed by atoms with van der Waals surface area (Å²) >= 11 is 1.67. The summed E-state index contributed by atoms with van der Waals surface area (Å²) in [6.45, 7) is 0. The molecular formula is C12H11NOS. The molecule has 2 nitrogen and oxygen atoms in total. The molecule has 2 aromatic rings. The van der Waals surface area contributed by atoms with Crippen LogP contribution in [0.1, 0.15) is 0 Å². The number of aromatic nitrogens is 1. The molecule has 0 N–H and O–H groups in total. The molecule has 15 heavy (non-hydrogen) atoms. The number of hydrogen-bond donors (Lipinski definition) is 0. The maximum Gasteiger partial charge on any atom is 0.132 e. The predicted molar refractivity (Wildman–Crippen MR) is 61.4 cm³/mol. The first-order valence-electron chi connectivity index (χ1n) is 4.61. The van der Waals surface area contributed by atoms with Crippen molar-refractivity contribution >= 4 is 11.8 Å². The van der Waals surface area contributed by atoms with E-state index >= 15 is 0 Å². The second kappa shape index (κ2) is 4.84. The minimum Gasteiger partial charge on any atom is -0.496 e. The Morgan fingerprint density at radius 1 is 1.07 bits per heavy atom. The highest BCUT2D eigenvalue weighted by molar-refractivity contribution is 7.99. The Balaban J connectivity index is 2.24. The van der Waals surface area contributed by atoms with Gasteiger partial charge in [0.25, 0.3) is 0 Å². The van der Waals surface area contributed by atoms with Crippen LogP contribution in [0.3, 0.4) is 0 Å². The van der Waals surface area contributed by atoms with E-state index in [-0.39, 0.29) is 0 Å². The summed E-state index contributed by atoms with van der Waals surface area (Å²) in [6.07, 6.45) is 3.58. The van der Waals surface area contributed by atoms with Crippen LogP contribution in [0, 0.1) is 0 Å². The fraction of sp³-hybridized carbons (Fsp3) is 0.0833. The zero-order chi connectivity index (χ0) is 10.5. The molecule has 1 aromatic heterocycles. The summed E-state index contributed by atoms with van der Waals surface area (Å²) in [5, 5.41) is 0. The van der Waals surface area contributed by atoms with E-state index < -0.39 is 0 Å². The second-order valence-electron chi connectivity index (χ2n) is 2.94. The minimum absolute atomic E-state index is 0.902. The van der Waals surface area contributed by atoms with E-state index in [0.29, 0.717) is 0 Å². The Kier molecular flexibility index (Phi) is 3.25. The molecule has 76 valence electrons. The van der Waals surface area contributed by atoms with Gasteiger partial charge in [-0.2, -0.15) is 0 Å². The van der Waals surface area contributed by atoms with Crippen molar-refractivity contribution in [2.75, 3.05) is 7.11 Å². The molecule has 3 heteroatoms. The number of rotatable bonds is 3. The molecule has 0 radical (unpaired) electrons. The normalized spacial score (nSPS) is 9.93. The van der Waals surface area contributed by atoms with Crippen molar-refractivity contribution in [2.45, 2.75) is 9.79 Å². The minimum atomic E-state index is 0.902. The molecule has 0 aliphatic heterocycles. The van der Waals surface area contributed by atoms with Gasteiger partial charge in [-0.25, -0.2) is 0 Å². The van der Waals surface area contributed by atoms with Crippen molar-refractivity contribution in [1.82, 2.24) is 4.98 Å². The summed E-state index contributed by atoms with van der Waals surface area (Å²) in [5.74, 6) is 0.902. The second-order valence-corrected chi connectivity index (χ2v) is 4.05. The third-order valence-electron chi connectivity index (χ3n) is 1.95. The molecule has 0 bridgehead atoms. The van der Waals surface area contributed by atoms with E-state index in [2.05, 4.69) is 4.98 Å². The van der Waals surface area contributed by atoms with Crippen LogP contribution in [-0.2, 0) is 0 Å². The number of methoxy groups -OCH3 is 1. The van der Waals surface area contributed by atoms with E-state index in [1.54, 1.807) is 31.3 Å². The molecule has 0 aliphatic rings. The van der Waals surface area contributed by atoms with Gasteiger partial charge < -0.3 is 4.74 Å². The van der Waals surface area contributed by atoms with Gasteiger partial charge in [-0.3, -0.25) is 4.98 Å². The van der Waals surface area contributed by atoms with E-state index in [1.807, 2.05) is 36.4 Å². The van der Waals surface area contributed by atoms with Crippen LogP contribution in [0.4, 0.5) is 0 Å². The fourth-order valence-electron chi connectivity index (χ4n) is 1.24. The highest BCUT2D eigenvalue weighted by Gasteiger charge is 2.02. The van der Waals surface area contributed by atoms with E-state index in [9.17, 15) is 0 Å². The summed E-state index contributed by atoms with van der Waals surface area (Å²) in [7, 11) is 1.69. The van der Waals surface area contributed by atoms with Gasteiger partial charge in [-0.05, 0) is 24.3 Å². The monoisotopic (exact) mass is 217 g/mol. The fourth-order valence-corrected chi connectivity index (χ4v) is 2.15. The number of para-hydroxylation sites is 1. The molecule has 0 unspecified atom stereocenters. The Bertz CT molecular complexity index is 431. The smallest absolute Gasteiger partial charge is 0.132 e. The first kappa shape index (κ1) is 10.1. The Morgan fingerprint density at radius 3 is 2.53 bits per heavy atom. The topological polar surface area (TPSA) is 22.1 Å². The quantitative estimate of drug-likeness (QED) is 0.788. The lowest BCUT2D eigenvalue weighted by Gasteiger charge is -2.06. The van der Waals surface area contributed by atoms with Crippen molar-refractivity contribution in [3.63, 3.8) is 0 Å². The lowest BCUT2D eigenvalue weighted by Crippen LogP contribution is -1.85. The van der Waals surface area contributed by atoms with E-state index in [0.717, 1.165) is 15.5 Å². The van der Waals surface area contributed by atoms with Gasteiger partial charge in [-0.1, -0.05) is 23.9 Å². The molecule has 0 spiro atoms. The third kappa shape index (κ3) is 2.50. The molecule has 0 aliphatic carbocycles. The van der Waals surface area contributed by atoms with E-state index in [1.165, 1.54) is 0 Å². The van der Waals surface area contributed by atoms with E-state index in [4.69, 9.17) is 4.74 Å². The number of ether oxygens (including phenoxy) is 1. The van der Waals surface area contributed by atoms with Crippen molar-refractivity contribution in [1.29, 1.82) is 0 Å². The largest absolute Gasteiger partial charge is 0.496 e. The van der Waals surface area contributed by atoms with Gasteiger partial charge in [0.1, 0.15) is 5.75 Å². The van der Waals surface area contributed by atoms with Crippen LogP contribution in [0.15, 0.2) is 58.6 Å². The van der Waals surface area contributed by atoms with Crippen molar-refractivity contribution in [2.24, 2.45) is 0 Å². The molecule has 0 atom stereocenters. The predicted octanol–water partition coefficient (Wildman–Crippen LogP) is 3.24. The summed E-state index contributed by atoms with van der Waals surface area (Å²) in [5.41, 5.74) is 0. The van der Waals surface area contributed by atoms with Gasteiger partial charge in [0, 0.05) is 17.3 Å². The average Bonchev–Trinajstić information content (AvgIpc) is 2.31. The van der Waals surface area contributed by atoms with Gasteiger partial charge >= 0.3 is 0 Å². The molecule has 1 aromatic carbocycles. The van der Waals surface area contributed by atoms with Gasteiger partial charge in [-0.15, -0.1) is 0 Å². The molecule has 0 saturated carbocycles. The van der Waals surface area contributed by atoms with Crippen molar-refractivity contribution < 1.29 is 4.74 Å². The molecule has 0 fully saturated rings. The van der Waals surface area contributed by atoms with Crippen LogP contribution >= 0.6 is 11.8 Å². The molecule has 2 rings (SSSR count). The summed E-state index contributed by atoms with van der Waals surface area (Å²) in [4.78, 5) is 6.26. The first-order chi connectivity index (χ1) is 7.40. The SMILES string of the molecule is COc1ccccc1Sc1ccncc1. The van der Waals surface area contributed by atoms with Crippen LogP contribution in [0.5, 0.6) is 5.75 Å². The van der Waals surface area contributed by atoms with Crippen LogP contribution in [0.25, 0.3) is 0 Å². The maximum atomic E-state index is 5.28. The lowest BCUT2D eigenvalue weighted by molar-refractivity contribution is 0.405. The molecule has 0 saturated heterocycles. The zero-order valence-corrected chi connectivity index (χ0v) is 9.20. The van der Waals surface area contributed by atoms with Crippen LogP contribution in [0.2, 0.25) is 0 Å². The highest BCUT2D eigenvalue weighted by atomic mass is 32.2. The van der Waals surface area contributed by atoms with Crippen LogP contribution < -0.4 is 4.74 Å². The number of pyridine rings is 1. The Hall–Kier alpha value is -1.48. The third-order valence-corrected chi connectivity index (χ3v) is 3.01.